The molecule has 0 aromatic heterocycles. The lowest BCUT2D eigenvalue weighted by Crippen LogP contribution is -2.17. The molecule has 0 aromatic carbocycles. The highest BCUT2D eigenvalue weighted by Gasteiger charge is 2.16. The highest BCUT2D eigenvalue weighted by molar-refractivity contribution is 6.42. The summed E-state index contributed by atoms with van der Waals surface area (Å²) in [7, 11) is -1.13. The highest BCUT2D eigenvalue weighted by atomic mass is 16.4. The lowest BCUT2D eigenvalue weighted by molar-refractivity contribution is 0.380. The maximum Gasteiger partial charge on any atom is 0.454 e. The van der Waals surface area contributed by atoms with Crippen LogP contribution < -0.4 is 0 Å². The van der Waals surface area contributed by atoms with Crippen molar-refractivity contribution in [2.45, 2.75) is 51.8 Å². The maximum atomic E-state index is 8.73. The van der Waals surface area contributed by atoms with Gasteiger partial charge in [0, 0.05) is 0 Å². The van der Waals surface area contributed by atoms with Crippen LogP contribution in [0.2, 0.25) is 5.82 Å². The van der Waals surface area contributed by atoms with E-state index in [0.717, 1.165) is 12.8 Å². The van der Waals surface area contributed by atoms with Crippen molar-refractivity contribution in [1.82, 2.24) is 0 Å². The minimum atomic E-state index is -1.13. The van der Waals surface area contributed by atoms with E-state index in [4.69, 9.17) is 10.0 Å². The Kier molecular flexibility index (Phi) is 6.67. The summed E-state index contributed by atoms with van der Waals surface area (Å²) in [5, 5.41) is 17.5. The molecule has 0 spiro atoms. The van der Waals surface area contributed by atoms with E-state index in [9.17, 15) is 0 Å². The molecule has 0 aliphatic heterocycles. The van der Waals surface area contributed by atoms with Crippen LogP contribution in [0.1, 0.15) is 46.0 Å². The van der Waals surface area contributed by atoms with Gasteiger partial charge in [-0.2, -0.15) is 0 Å². The Morgan fingerprint density at radius 3 is 2.27 bits per heavy atom. The van der Waals surface area contributed by atoms with Crippen molar-refractivity contribution in [2.24, 2.45) is 0 Å². The fourth-order valence-electron chi connectivity index (χ4n) is 1.04. The molecular formula is C8H19BO2. The van der Waals surface area contributed by atoms with Gasteiger partial charge in [-0.25, -0.2) is 0 Å². The van der Waals surface area contributed by atoms with E-state index in [2.05, 4.69) is 6.92 Å². The number of unbranched alkanes of at least 4 members (excludes halogenated alkanes) is 3. The van der Waals surface area contributed by atoms with Crippen molar-refractivity contribution in [3.8, 4) is 0 Å². The van der Waals surface area contributed by atoms with Gasteiger partial charge >= 0.3 is 7.12 Å². The average Bonchev–Trinajstić information content (AvgIpc) is 1.97. The molecule has 0 bridgehead atoms. The number of rotatable bonds is 6. The third-order valence-corrected chi connectivity index (χ3v) is 2.02. The molecule has 0 rings (SSSR count). The molecular weight excluding hydrogens is 139 g/mol. The Morgan fingerprint density at radius 1 is 1.18 bits per heavy atom. The molecule has 2 nitrogen and oxygen atoms in total. The molecule has 2 N–H and O–H groups in total. The van der Waals surface area contributed by atoms with Crippen molar-refractivity contribution in [3.63, 3.8) is 0 Å². The van der Waals surface area contributed by atoms with Gasteiger partial charge in [0.1, 0.15) is 0 Å². The lowest BCUT2D eigenvalue weighted by Gasteiger charge is -2.08. The summed E-state index contributed by atoms with van der Waals surface area (Å²) in [6.07, 6.45) is 5.75. The maximum absolute atomic E-state index is 8.73. The van der Waals surface area contributed by atoms with Crippen LogP contribution in [0.25, 0.3) is 0 Å². The normalized spacial score (nSPS) is 13.1. The predicted molar refractivity (Wildman–Crippen MR) is 48.4 cm³/mol. The first-order valence-corrected chi connectivity index (χ1v) is 4.54. The van der Waals surface area contributed by atoms with Gasteiger partial charge in [-0.15, -0.1) is 0 Å². The second-order valence-electron chi connectivity index (χ2n) is 3.24. The van der Waals surface area contributed by atoms with Crippen LogP contribution in [-0.4, -0.2) is 17.2 Å². The third kappa shape index (κ3) is 6.39. The first-order chi connectivity index (χ1) is 5.18. The second kappa shape index (κ2) is 6.68. The minimum absolute atomic E-state index is 0.0341. The smallest absolute Gasteiger partial charge is 0.427 e. The SMILES string of the molecule is CCCCCC[C@H](C)B(O)O. The monoisotopic (exact) mass is 158 g/mol. The van der Waals surface area contributed by atoms with Gasteiger partial charge in [0.05, 0.1) is 0 Å². The Labute approximate surface area is 69.8 Å². The van der Waals surface area contributed by atoms with E-state index < -0.39 is 7.12 Å². The Balaban J connectivity index is 3.10. The van der Waals surface area contributed by atoms with E-state index in [-0.39, 0.29) is 5.82 Å². The average molecular weight is 158 g/mol. The van der Waals surface area contributed by atoms with Gasteiger partial charge in [0.15, 0.2) is 0 Å². The first kappa shape index (κ1) is 11.0. The zero-order chi connectivity index (χ0) is 8.69. The van der Waals surface area contributed by atoms with Crippen molar-refractivity contribution < 1.29 is 10.0 Å². The van der Waals surface area contributed by atoms with Crippen molar-refractivity contribution in [1.29, 1.82) is 0 Å². The summed E-state index contributed by atoms with van der Waals surface area (Å²) in [4.78, 5) is 0. The molecule has 1 atom stereocenters. The van der Waals surface area contributed by atoms with Gasteiger partial charge in [-0.1, -0.05) is 46.0 Å². The Hall–Kier alpha value is -0.0151. The van der Waals surface area contributed by atoms with Crippen LogP contribution in [-0.2, 0) is 0 Å². The van der Waals surface area contributed by atoms with Crippen molar-refractivity contribution in [2.75, 3.05) is 0 Å². The van der Waals surface area contributed by atoms with E-state index in [1.165, 1.54) is 19.3 Å². The Morgan fingerprint density at radius 2 is 1.82 bits per heavy atom. The van der Waals surface area contributed by atoms with E-state index in [1.807, 2.05) is 6.92 Å². The van der Waals surface area contributed by atoms with Crippen LogP contribution in [0, 0.1) is 0 Å². The molecule has 0 aliphatic rings. The fraction of sp³-hybridized carbons (Fsp3) is 1.00. The molecule has 0 saturated carbocycles. The van der Waals surface area contributed by atoms with E-state index >= 15 is 0 Å². The molecule has 66 valence electrons. The van der Waals surface area contributed by atoms with Crippen LogP contribution >= 0.6 is 0 Å². The molecule has 0 aliphatic carbocycles. The summed E-state index contributed by atoms with van der Waals surface area (Å²) in [6.45, 7) is 4.04. The fourth-order valence-corrected chi connectivity index (χ4v) is 1.04. The molecule has 0 fully saturated rings. The molecule has 3 heteroatoms. The first-order valence-electron chi connectivity index (χ1n) is 4.54. The second-order valence-corrected chi connectivity index (χ2v) is 3.24. The Bertz CT molecular complexity index is 86.2. The van der Waals surface area contributed by atoms with Gasteiger partial charge in [0.25, 0.3) is 0 Å². The molecule has 0 saturated heterocycles. The zero-order valence-corrected chi connectivity index (χ0v) is 7.58. The molecule has 0 unspecified atom stereocenters. The molecule has 0 heterocycles. The minimum Gasteiger partial charge on any atom is -0.427 e. The summed E-state index contributed by atoms with van der Waals surface area (Å²) in [6, 6.07) is 0. The third-order valence-electron chi connectivity index (χ3n) is 2.02. The lowest BCUT2D eigenvalue weighted by atomic mass is 9.71. The summed E-state index contributed by atoms with van der Waals surface area (Å²) in [5.41, 5.74) is 0. The summed E-state index contributed by atoms with van der Waals surface area (Å²) in [5.74, 6) is 0.0341. The van der Waals surface area contributed by atoms with Gasteiger partial charge in [0.2, 0.25) is 0 Å². The molecule has 0 aromatic rings. The number of hydrogen-bond donors (Lipinski definition) is 2. The van der Waals surface area contributed by atoms with E-state index in [1.54, 1.807) is 0 Å². The van der Waals surface area contributed by atoms with E-state index in [0.29, 0.717) is 0 Å². The standard InChI is InChI=1S/C8H19BO2/c1-3-4-5-6-7-8(2)9(10)11/h8,10-11H,3-7H2,1-2H3/t8-/m0/s1. The van der Waals surface area contributed by atoms with Crippen LogP contribution in [0.3, 0.4) is 0 Å². The largest absolute Gasteiger partial charge is 0.454 e. The van der Waals surface area contributed by atoms with Crippen LogP contribution in [0.15, 0.2) is 0 Å². The van der Waals surface area contributed by atoms with Gasteiger partial charge < -0.3 is 10.0 Å². The topological polar surface area (TPSA) is 40.5 Å². The highest BCUT2D eigenvalue weighted by Crippen LogP contribution is 2.15. The molecule has 0 radical (unpaired) electrons. The molecule has 11 heavy (non-hydrogen) atoms. The van der Waals surface area contributed by atoms with Crippen molar-refractivity contribution in [3.05, 3.63) is 0 Å². The zero-order valence-electron chi connectivity index (χ0n) is 7.58. The predicted octanol–water partition coefficient (Wildman–Crippen LogP) is 1.82. The van der Waals surface area contributed by atoms with Crippen LogP contribution in [0.5, 0.6) is 0 Å². The van der Waals surface area contributed by atoms with Crippen LogP contribution in [0.4, 0.5) is 0 Å². The van der Waals surface area contributed by atoms with Gasteiger partial charge in [-0.3, -0.25) is 0 Å². The summed E-state index contributed by atoms with van der Waals surface area (Å²) >= 11 is 0. The summed E-state index contributed by atoms with van der Waals surface area (Å²) < 4.78 is 0. The quantitative estimate of drug-likeness (QED) is 0.457. The molecule has 0 amide bonds. The van der Waals surface area contributed by atoms with Crippen molar-refractivity contribution >= 4 is 7.12 Å². The number of hydrogen-bond acceptors (Lipinski definition) is 2. The van der Waals surface area contributed by atoms with Gasteiger partial charge in [-0.05, 0) is 5.82 Å².